The van der Waals surface area contributed by atoms with Gasteiger partial charge in [-0.15, -0.1) is 11.3 Å². The largest absolute Gasteiger partial charge is 0.503 e. The lowest BCUT2D eigenvalue weighted by Gasteiger charge is -2.28. The van der Waals surface area contributed by atoms with Crippen LogP contribution in [0.4, 0.5) is 11.4 Å². The molecule has 0 bridgehead atoms. The van der Waals surface area contributed by atoms with Crippen molar-refractivity contribution in [2.45, 2.75) is 26.8 Å². The number of anilines is 2. The second-order valence-electron chi connectivity index (χ2n) is 9.43. The highest BCUT2D eigenvalue weighted by Gasteiger charge is 2.45. The number of nitrogens with zero attached hydrogens (tertiary/aromatic N) is 3. The number of carbonyl (C=O) groups excluding carboxylic acids is 2. The van der Waals surface area contributed by atoms with E-state index in [0.29, 0.717) is 32.6 Å². The molecule has 1 unspecified atom stereocenters. The van der Waals surface area contributed by atoms with Crippen molar-refractivity contribution in [1.82, 2.24) is 4.98 Å². The van der Waals surface area contributed by atoms with Crippen LogP contribution in [-0.4, -0.2) is 42.0 Å². The molecule has 1 aliphatic rings. The summed E-state index contributed by atoms with van der Waals surface area (Å²) in [5, 5.41) is 11.9. The predicted molar refractivity (Wildman–Crippen MR) is 159 cm³/mol. The fourth-order valence-electron chi connectivity index (χ4n) is 5.08. The van der Waals surface area contributed by atoms with Crippen LogP contribution in [0.25, 0.3) is 10.6 Å². The summed E-state index contributed by atoms with van der Waals surface area (Å²) in [5.74, 6) is -1.02. The summed E-state index contributed by atoms with van der Waals surface area (Å²) in [4.78, 5) is 36.5. The number of aromatic nitrogens is 1. The number of rotatable bonds is 9. The number of amides is 1. The zero-order valence-electron chi connectivity index (χ0n) is 22.9. The average Bonchev–Trinajstić information content (AvgIpc) is 3.51. The second kappa shape index (κ2) is 11.4. The van der Waals surface area contributed by atoms with Gasteiger partial charge in [0, 0.05) is 30.0 Å². The second-order valence-corrected chi connectivity index (χ2v) is 10.4. The molecule has 7 nitrogen and oxygen atoms in total. The van der Waals surface area contributed by atoms with E-state index in [4.69, 9.17) is 4.74 Å². The normalized spacial score (nSPS) is 15.1. The van der Waals surface area contributed by atoms with Gasteiger partial charge in [-0.1, -0.05) is 42.5 Å². The minimum absolute atomic E-state index is 0.0254. The zero-order chi connectivity index (χ0) is 28.4. The molecule has 1 aromatic heterocycles. The number of carbonyl (C=O) groups is 2. The molecule has 0 radical (unpaired) electrons. The van der Waals surface area contributed by atoms with Crippen molar-refractivity contribution in [1.29, 1.82) is 0 Å². The molecule has 204 valence electrons. The molecule has 0 fully saturated rings. The molecular formula is C32H31N3O4S. The molecule has 1 aliphatic heterocycles. The van der Waals surface area contributed by atoms with Gasteiger partial charge in [0.25, 0.3) is 5.91 Å². The van der Waals surface area contributed by atoms with Crippen LogP contribution in [0.15, 0.2) is 90.2 Å². The van der Waals surface area contributed by atoms with Gasteiger partial charge in [0.15, 0.2) is 5.76 Å². The molecular weight excluding hydrogens is 522 g/mol. The van der Waals surface area contributed by atoms with Gasteiger partial charge in [-0.2, -0.15) is 0 Å². The Labute approximate surface area is 238 Å². The summed E-state index contributed by atoms with van der Waals surface area (Å²) in [6.07, 6.45) is 0. The Balaban J connectivity index is 1.60. The first-order chi connectivity index (χ1) is 19.4. The van der Waals surface area contributed by atoms with E-state index in [9.17, 15) is 14.7 Å². The maximum atomic E-state index is 14.1. The number of hydrogen-bond acceptors (Lipinski definition) is 7. The number of Topliss-reactive ketones (excluding diaryl/α,β-unsaturated/α-hetero) is 1. The predicted octanol–water partition coefficient (Wildman–Crippen LogP) is 6.76. The molecule has 3 aromatic carbocycles. The number of thiazole rings is 1. The zero-order valence-corrected chi connectivity index (χ0v) is 23.7. The maximum Gasteiger partial charge on any atom is 0.294 e. The lowest BCUT2D eigenvalue weighted by atomic mass is 9.94. The first-order valence-electron chi connectivity index (χ1n) is 13.2. The van der Waals surface area contributed by atoms with E-state index in [1.54, 1.807) is 26.2 Å². The lowest BCUT2D eigenvalue weighted by molar-refractivity contribution is -0.117. The van der Waals surface area contributed by atoms with Gasteiger partial charge in [0.1, 0.15) is 10.8 Å². The molecule has 2 heterocycles. The van der Waals surface area contributed by atoms with E-state index in [1.165, 1.54) is 16.2 Å². The summed E-state index contributed by atoms with van der Waals surface area (Å²) in [7, 11) is 1.56. The number of methoxy groups -OCH3 is 1. The van der Waals surface area contributed by atoms with Crippen LogP contribution in [0.3, 0.4) is 0 Å². The lowest BCUT2D eigenvalue weighted by Crippen LogP contribution is -2.31. The van der Waals surface area contributed by atoms with Crippen molar-refractivity contribution < 1.29 is 19.4 Å². The van der Waals surface area contributed by atoms with Gasteiger partial charge in [-0.3, -0.25) is 14.5 Å². The maximum absolute atomic E-state index is 14.1. The third kappa shape index (κ3) is 4.86. The molecule has 0 aliphatic carbocycles. The van der Waals surface area contributed by atoms with Crippen LogP contribution >= 0.6 is 11.3 Å². The van der Waals surface area contributed by atoms with E-state index in [1.807, 2.05) is 66.7 Å². The number of aliphatic hydroxyl groups is 1. The Bertz CT molecular complexity index is 1570. The van der Waals surface area contributed by atoms with E-state index in [0.717, 1.165) is 24.3 Å². The average molecular weight is 554 g/mol. The smallest absolute Gasteiger partial charge is 0.294 e. The summed E-state index contributed by atoms with van der Waals surface area (Å²) in [6, 6.07) is 23.6. The number of ketones is 1. The number of aryl methyl sites for hydroxylation is 1. The topological polar surface area (TPSA) is 83.0 Å². The van der Waals surface area contributed by atoms with Gasteiger partial charge in [-0.05, 0) is 62.7 Å². The highest BCUT2D eigenvalue weighted by atomic mass is 32.1. The third-order valence-electron chi connectivity index (χ3n) is 7.14. The first-order valence-corrected chi connectivity index (χ1v) is 14.0. The molecule has 1 N–H and O–H groups in total. The van der Waals surface area contributed by atoms with E-state index in [-0.39, 0.29) is 5.57 Å². The minimum atomic E-state index is -0.851. The van der Waals surface area contributed by atoms with Crippen LogP contribution in [-0.2, 0) is 4.79 Å². The van der Waals surface area contributed by atoms with Gasteiger partial charge < -0.3 is 14.7 Å². The molecule has 0 saturated heterocycles. The first kappa shape index (κ1) is 27.1. The number of hydrogen-bond donors (Lipinski definition) is 1. The Hall–Kier alpha value is -4.43. The molecule has 40 heavy (non-hydrogen) atoms. The molecule has 0 saturated carbocycles. The number of benzene rings is 3. The van der Waals surface area contributed by atoms with Crippen molar-refractivity contribution >= 4 is 34.4 Å². The van der Waals surface area contributed by atoms with Crippen LogP contribution in [0, 0.1) is 6.92 Å². The van der Waals surface area contributed by atoms with Crippen LogP contribution in [0.2, 0.25) is 0 Å². The van der Waals surface area contributed by atoms with E-state index in [2.05, 4.69) is 23.7 Å². The van der Waals surface area contributed by atoms with Crippen molar-refractivity contribution in [3.8, 4) is 16.3 Å². The Morgan fingerprint density at radius 1 is 1.02 bits per heavy atom. The van der Waals surface area contributed by atoms with Crippen molar-refractivity contribution in [2.24, 2.45) is 0 Å². The fraction of sp³-hybridized carbons (Fsp3) is 0.219. The summed E-state index contributed by atoms with van der Waals surface area (Å²) < 4.78 is 5.45. The molecule has 1 amide bonds. The van der Waals surface area contributed by atoms with Gasteiger partial charge in [0.05, 0.1) is 29.3 Å². The van der Waals surface area contributed by atoms with Crippen LogP contribution in [0.5, 0.6) is 5.75 Å². The molecule has 5 rings (SSSR count). The Morgan fingerprint density at radius 2 is 1.73 bits per heavy atom. The van der Waals surface area contributed by atoms with E-state index >= 15 is 0 Å². The fourth-order valence-corrected chi connectivity index (χ4v) is 6.10. The van der Waals surface area contributed by atoms with Crippen LogP contribution < -0.4 is 14.5 Å². The standard InChI is InChI=1S/C32H31N3O4S/c1-5-34(6-2)23-15-17-24(18-16-23)35-27(22-13-10-14-25(19-22)39-4)26(29(37)32(35)38)28(36)30-20(3)33-31(40-30)21-11-8-7-9-12-21/h7-19,27,37H,5-6H2,1-4H3. The SMILES string of the molecule is CCN(CC)c1ccc(N2C(=O)C(O)=C(C(=O)c3sc(-c4ccccc4)nc3C)C2c2cccc(OC)c2)cc1. The van der Waals surface area contributed by atoms with Gasteiger partial charge in [0.2, 0.25) is 5.78 Å². The molecule has 8 heteroatoms. The summed E-state index contributed by atoms with van der Waals surface area (Å²) in [5.41, 5.74) is 3.73. The monoisotopic (exact) mass is 553 g/mol. The highest BCUT2D eigenvalue weighted by Crippen LogP contribution is 2.44. The molecule has 4 aromatic rings. The van der Waals surface area contributed by atoms with Crippen molar-refractivity contribution in [2.75, 3.05) is 30.0 Å². The Morgan fingerprint density at radius 3 is 2.38 bits per heavy atom. The van der Waals surface area contributed by atoms with Gasteiger partial charge >= 0.3 is 0 Å². The number of ether oxygens (including phenoxy) is 1. The van der Waals surface area contributed by atoms with Crippen molar-refractivity contribution in [3.05, 3.63) is 106 Å². The molecule has 0 spiro atoms. The number of aliphatic hydroxyl groups excluding tert-OH is 1. The quantitative estimate of drug-likeness (QED) is 0.231. The summed E-state index contributed by atoms with van der Waals surface area (Å²) >= 11 is 1.26. The minimum Gasteiger partial charge on any atom is -0.503 e. The summed E-state index contributed by atoms with van der Waals surface area (Å²) in [6.45, 7) is 7.65. The highest BCUT2D eigenvalue weighted by molar-refractivity contribution is 7.17. The van der Waals surface area contributed by atoms with Crippen LogP contribution in [0.1, 0.15) is 40.8 Å². The van der Waals surface area contributed by atoms with E-state index < -0.39 is 23.5 Å². The molecule has 1 atom stereocenters. The third-order valence-corrected chi connectivity index (χ3v) is 8.35. The Kier molecular flexibility index (Phi) is 7.71. The van der Waals surface area contributed by atoms with Crippen molar-refractivity contribution in [3.63, 3.8) is 0 Å². The van der Waals surface area contributed by atoms with Gasteiger partial charge in [-0.25, -0.2) is 4.98 Å².